The fraction of sp³-hybridized carbons (Fsp3) is 0.500. The van der Waals surface area contributed by atoms with Crippen molar-refractivity contribution in [1.82, 2.24) is 19.7 Å². The van der Waals surface area contributed by atoms with Crippen LogP contribution >= 0.6 is 0 Å². The largest absolute Gasteiger partial charge is 0.437 e. The Morgan fingerprint density at radius 1 is 1.30 bits per heavy atom. The molecule has 106 valence electrons. The molecule has 0 saturated carbocycles. The van der Waals surface area contributed by atoms with Gasteiger partial charge in [0.25, 0.3) is 5.89 Å². The van der Waals surface area contributed by atoms with Gasteiger partial charge in [0.15, 0.2) is 0 Å². The average Bonchev–Trinajstić information content (AvgIpc) is 3.04. The highest BCUT2D eigenvalue weighted by molar-refractivity contribution is 5.90. The Morgan fingerprint density at radius 3 is 2.65 bits per heavy atom. The molecule has 0 aromatic carbocycles. The van der Waals surface area contributed by atoms with E-state index in [0.717, 1.165) is 17.0 Å². The highest BCUT2D eigenvalue weighted by Crippen LogP contribution is 2.26. The summed E-state index contributed by atoms with van der Waals surface area (Å²) >= 11 is 0. The summed E-state index contributed by atoms with van der Waals surface area (Å²) in [6.07, 6.45) is 3.44. The predicted molar refractivity (Wildman–Crippen MR) is 72.0 cm³/mol. The van der Waals surface area contributed by atoms with Gasteiger partial charge in [0.1, 0.15) is 5.76 Å². The van der Waals surface area contributed by atoms with Crippen LogP contribution in [-0.2, 0) is 25.6 Å². The van der Waals surface area contributed by atoms with E-state index in [0.29, 0.717) is 13.1 Å². The number of rotatable bonds is 1. The zero-order chi connectivity index (χ0) is 14.5. The van der Waals surface area contributed by atoms with Crippen LogP contribution in [0.2, 0.25) is 0 Å². The van der Waals surface area contributed by atoms with Crippen LogP contribution in [0.1, 0.15) is 48.5 Å². The Hall–Kier alpha value is -2.11. The molecule has 0 fully saturated rings. The minimum atomic E-state index is -0.170. The van der Waals surface area contributed by atoms with Crippen LogP contribution in [0, 0.1) is 0 Å². The number of hydrogen-bond acceptors (Lipinski definition) is 4. The first kappa shape index (κ1) is 12.9. The summed E-state index contributed by atoms with van der Waals surface area (Å²) in [5.74, 6) is 0.714. The van der Waals surface area contributed by atoms with Crippen molar-refractivity contribution in [2.24, 2.45) is 7.05 Å². The minimum Gasteiger partial charge on any atom is -0.437 e. The summed E-state index contributed by atoms with van der Waals surface area (Å²) < 4.78 is 7.41. The molecule has 0 saturated heterocycles. The molecule has 6 heteroatoms. The topological polar surface area (TPSA) is 64.2 Å². The third kappa shape index (κ3) is 2.01. The van der Waals surface area contributed by atoms with Crippen molar-refractivity contribution in [3.8, 4) is 0 Å². The highest BCUT2D eigenvalue weighted by Gasteiger charge is 2.30. The van der Waals surface area contributed by atoms with E-state index < -0.39 is 0 Å². The van der Waals surface area contributed by atoms with Gasteiger partial charge in [-0.3, -0.25) is 9.48 Å². The summed E-state index contributed by atoms with van der Waals surface area (Å²) in [6.45, 7) is 7.20. The molecule has 6 nitrogen and oxygen atoms in total. The molecule has 20 heavy (non-hydrogen) atoms. The zero-order valence-corrected chi connectivity index (χ0v) is 12.2. The molecule has 1 aliphatic heterocycles. The van der Waals surface area contributed by atoms with Crippen molar-refractivity contribution in [3.05, 3.63) is 35.3 Å². The van der Waals surface area contributed by atoms with Crippen molar-refractivity contribution >= 4 is 5.91 Å². The summed E-state index contributed by atoms with van der Waals surface area (Å²) in [4.78, 5) is 18.2. The fourth-order valence-electron chi connectivity index (χ4n) is 2.29. The van der Waals surface area contributed by atoms with E-state index in [1.54, 1.807) is 22.0 Å². The smallest absolute Gasteiger partial charge is 0.310 e. The Morgan fingerprint density at radius 2 is 2.05 bits per heavy atom. The maximum atomic E-state index is 12.4. The lowest BCUT2D eigenvalue weighted by Crippen LogP contribution is -2.26. The third-order valence-corrected chi connectivity index (χ3v) is 3.56. The second-order valence-corrected chi connectivity index (χ2v) is 6.18. The van der Waals surface area contributed by atoms with Crippen molar-refractivity contribution in [3.63, 3.8) is 0 Å². The number of aryl methyl sites for hydroxylation is 1. The molecule has 2 aromatic heterocycles. The van der Waals surface area contributed by atoms with Gasteiger partial charge in [-0.15, -0.1) is 0 Å². The first-order valence-corrected chi connectivity index (χ1v) is 6.61. The Balaban J connectivity index is 1.80. The molecule has 0 bridgehead atoms. The normalized spacial score (nSPS) is 14.7. The SMILES string of the molecule is Cn1ncc2c1CN(C(=O)c1ncc(C(C)(C)C)o1)C2. The second kappa shape index (κ2) is 4.19. The Labute approximate surface area is 117 Å². The first-order chi connectivity index (χ1) is 9.36. The third-order valence-electron chi connectivity index (χ3n) is 3.56. The van der Waals surface area contributed by atoms with Gasteiger partial charge in [0, 0.05) is 18.0 Å². The Kier molecular flexibility index (Phi) is 2.70. The van der Waals surface area contributed by atoms with Gasteiger partial charge in [-0.1, -0.05) is 20.8 Å². The van der Waals surface area contributed by atoms with E-state index in [1.807, 2.05) is 27.8 Å². The van der Waals surface area contributed by atoms with Crippen molar-refractivity contribution in [2.75, 3.05) is 0 Å². The number of amides is 1. The van der Waals surface area contributed by atoms with Crippen LogP contribution in [0.5, 0.6) is 0 Å². The Bertz CT molecular complexity index is 663. The molecule has 1 amide bonds. The molecular weight excluding hydrogens is 256 g/mol. The maximum absolute atomic E-state index is 12.4. The molecule has 0 unspecified atom stereocenters. The van der Waals surface area contributed by atoms with Crippen LogP contribution in [0.15, 0.2) is 16.8 Å². The molecule has 0 N–H and O–H groups in total. The standard InChI is InChI=1S/C14H18N4O2/c1-14(2,3)11-6-15-12(20-11)13(19)18-7-9-5-16-17(4)10(9)8-18/h5-6H,7-8H2,1-4H3. The van der Waals surface area contributed by atoms with Gasteiger partial charge in [-0.2, -0.15) is 5.10 Å². The van der Waals surface area contributed by atoms with Gasteiger partial charge in [-0.25, -0.2) is 4.98 Å². The monoisotopic (exact) mass is 274 g/mol. The average molecular weight is 274 g/mol. The lowest BCUT2D eigenvalue weighted by atomic mass is 9.94. The maximum Gasteiger partial charge on any atom is 0.310 e. The summed E-state index contributed by atoms with van der Waals surface area (Å²) in [6, 6.07) is 0. The van der Waals surface area contributed by atoms with Gasteiger partial charge in [0.2, 0.25) is 0 Å². The summed E-state index contributed by atoms with van der Waals surface area (Å²) in [5.41, 5.74) is 2.01. The molecule has 0 radical (unpaired) electrons. The van der Waals surface area contributed by atoms with E-state index >= 15 is 0 Å². The lowest BCUT2D eigenvalue weighted by Gasteiger charge is -2.15. The number of nitrogens with zero attached hydrogens (tertiary/aromatic N) is 4. The van der Waals surface area contributed by atoms with Gasteiger partial charge < -0.3 is 9.32 Å². The first-order valence-electron chi connectivity index (χ1n) is 6.61. The van der Waals surface area contributed by atoms with Crippen molar-refractivity contribution in [2.45, 2.75) is 39.3 Å². The second-order valence-electron chi connectivity index (χ2n) is 6.18. The molecule has 3 rings (SSSR count). The number of fused-ring (bicyclic) bond motifs is 1. The van der Waals surface area contributed by atoms with Crippen LogP contribution in [-0.4, -0.2) is 25.6 Å². The number of carbonyl (C=O) groups excluding carboxylic acids is 1. The van der Waals surface area contributed by atoms with Gasteiger partial charge >= 0.3 is 5.91 Å². The summed E-state index contributed by atoms with van der Waals surface area (Å²) in [5, 5.41) is 4.18. The fourth-order valence-corrected chi connectivity index (χ4v) is 2.29. The van der Waals surface area contributed by atoms with Gasteiger partial charge in [-0.05, 0) is 0 Å². The minimum absolute atomic E-state index is 0.149. The number of oxazole rings is 1. The predicted octanol–water partition coefficient (Wildman–Crippen LogP) is 1.86. The molecular formula is C14H18N4O2. The van der Waals surface area contributed by atoms with Crippen molar-refractivity contribution < 1.29 is 9.21 Å². The van der Waals surface area contributed by atoms with Gasteiger partial charge in [0.05, 0.1) is 31.2 Å². The molecule has 0 atom stereocenters. The number of hydrogen-bond donors (Lipinski definition) is 0. The van der Waals surface area contributed by atoms with Crippen molar-refractivity contribution in [1.29, 1.82) is 0 Å². The van der Waals surface area contributed by atoms with Crippen LogP contribution < -0.4 is 0 Å². The molecule has 0 spiro atoms. The lowest BCUT2D eigenvalue weighted by molar-refractivity contribution is 0.0704. The molecule has 2 aromatic rings. The van der Waals surface area contributed by atoms with Crippen LogP contribution in [0.3, 0.4) is 0 Å². The van der Waals surface area contributed by atoms with E-state index in [4.69, 9.17) is 4.42 Å². The molecule has 0 aliphatic carbocycles. The van der Waals surface area contributed by atoms with Crippen LogP contribution in [0.25, 0.3) is 0 Å². The van der Waals surface area contributed by atoms with E-state index in [1.165, 1.54) is 0 Å². The quantitative estimate of drug-likeness (QED) is 0.796. The molecule has 1 aliphatic rings. The van der Waals surface area contributed by atoms with E-state index in [9.17, 15) is 4.79 Å². The summed E-state index contributed by atoms with van der Waals surface area (Å²) in [7, 11) is 1.88. The highest BCUT2D eigenvalue weighted by atomic mass is 16.4. The zero-order valence-electron chi connectivity index (χ0n) is 12.2. The van der Waals surface area contributed by atoms with E-state index in [-0.39, 0.29) is 17.2 Å². The number of aromatic nitrogens is 3. The van der Waals surface area contributed by atoms with Crippen LogP contribution in [0.4, 0.5) is 0 Å². The van der Waals surface area contributed by atoms with E-state index in [2.05, 4.69) is 10.1 Å². The number of carbonyl (C=O) groups is 1. The molecule has 3 heterocycles.